The van der Waals surface area contributed by atoms with Gasteiger partial charge in [-0.25, -0.2) is 4.98 Å². The lowest BCUT2D eigenvalue weighted by molar-refractivity contribution is 0.322. The molecule has 0 aromatic carbocycles. The minimum absolute atomic E-state index is 0.0661. The molecule has 0 spiro atoms. The second kappa shape index (κ2) is 4.90. The van der Waals surface area contributed by atoms with Crippen molar-refractivity contribution in [1.82, 2.24) is 24.5 Å². The van der Waals surface area contributed by atoms with Crippen LogP contribution in [0.3, 0.4) is 0 Å². The van der Waals surface area contributed by atoms with Gasteiger partial charge in [0, 0.05) is 18.1 Å². The van der Waals surface area contributed by atoms with E-state index in [2.05, 4.69) is 19.9 Å². The summed E-state index contributed by atoms with van der Waals surface area (Å²) in [4.78, 5) is 16.0. The fourth-order valence-electron chi connectivity index (χ4n) is 1.06. The molecule has 0 radical (unpaired) electrons. The summed E-state index contributed by atoms with van der Waals surface area (Å²) >= 11 is 1.32. The number of nitrogens with two attached hydrogens (primary N) is 1. The number of thioether (sulfide) groups is 1. The summed E-state index contributed by atoms with van der Waals surface area (Å²) in [6.07, 6.45) is 4.92. The van der Waals surface area contributed by atoms with Gasteiger partial charge in [0.25, 0.3) is 0 Å². The van der Waals surface area contributed by atoms with E-state index < -0.39 is 0 Å². The second-order valence-electron chi connectivity index (χ2n) is 2.82. The van der Waals surface area contributed by atoms with Crippen molar-refractivity contribution in [2.24, 2.45) is 0 Å². The maximum atomic E-state index is 8.71. The first-order chi connectivity index (χ1) is 7.79. The number of hydrogen-bond acceptors (Lipinski definition) is 7. The van der Waals surface area contributed by atoms with Gasteiger partial charge in [0.05, 0.1) is 6.61 Å². The Hall–Kier alpha value is -1.67. The third-order valence-electron chi connectivity index (χ3n) is 1.68. The Balaban J connectivity index is 2.29. The molecule has 84 valence electrons. The molecule has 0 saturated heterocycles. The van der Waals surface area contributed by atoms with Crippen molar-refractivity contribution in [3.05, 3.63) is 18.7 Å². The molecule has 7 nitrogen and oxygen atoms in total. The predicted molar refractivity (Wildman–Crippen MR) is 59.2 cm³/mol. The largest absolute Gasteiger partial charge is 0.396 e. The average Bonchev–Trinajstić information content (AvgIpc) is 2.79. The van der Waals surface area contributed by atoms with E-state index in [-0.39, 0.29) is 12.6 Å². The Morgan fingerprint density at radius 1 is 1.38 bits per heavy atom. The summed E-state index contributed by atoms with van der Waals surface area (Å²) in [6, 6.07) is 0. The van der Waals surface area contributed by atoms with E-state index in [1.165, 1.54) is 11.8 Å². The standard InChI is InChI=1S/C8H10N6OS/c9-6-11-7(14-2-1-10-5-14)13-8(12-6)16-4-3-15/h1-2,5,15H,3-4H2,(H2,9,11,12,13). The van der Waals surface area contributed by atoms with Crippen LogP contribution >= 0.6 is 11.8 Å². The molecule has 0 atom stereocenters. The first kappa shape index (κ1) is 10.8. The number of imidazole rings is 1. The van der Waals surface area contributed by atoms with Crippen LogP contribution in [0.1, 0.15) is 0 Å². The van der Waals surface area contributed by atoms with Gasteiger partial charge < -0.3 is 10.8 Å². The molecule has 2 heterocycles. The van der Waals surface area contributed by atoms with Crippen LogP contribution < -0.4 is 5.73 Å². The zero-order valence-corrected chi connectivity index (χ0v) is 9.13. The molecule has 2 aromatic rings. The maximum absolute atomic E-state index is 8.71. The van der Waals surface area contributed by atoms with Gasteiger partial charge in [0.1, 0.15) is 6.33 Å². The first-order valence-corrected chi connectivity index (χ1v) is 5.51. The summed E-state index contributed by atoms with van der Waals surface area (Å²) in [5, 5.41) is 9.20. The summed E-state index contributed by atoms with van der Waals surface area (Å²) in [7, 11) is 0. The normalized spacial score (nSPS) is 10.6. The number of nitrogens with zero attached hydrogens (tertiary/aromatic N) is 5. The number of aromatic nitrogens is 5. The summed E-state index contributed by atoms with van der Waals surface area (Å²) in [5.74, 6) is 1.09. The highest BCUT2D eigenvalue weighted by molar-refractivity contribution is 7.99. The lowest BCUT2D eigenvalue weighted by Gasteiger charge is -2.03. The van der Waals surface area contributed by atoms with E-state index in [0.29, 0.717) is 16.9 Å². The van der Waals surface area contributed by atoms with Crippen molar-refractivity contribution in [1.29, 1.82) is 0 Å². The minimum Gasteiger partial charge on any atom is -0.396 e. The summed E-state index contributed by atoms with van der Waals surface area (Å²) < 4.78 is 1.64. The SMILES string of the molecule is Nc1nc(SCCO)nc(-n2ccnc2)n1. The number of nitrogen functional groups attached to an aromatic ring is 1. The van der Waals surface area contributed by atoms with Gasteiger partial charge in [-0.3, -0.25) is 4.57 Å². The Kier molecular flexibility index (Phi) is 3.32. The van der Waals surface area contributed by atoms with Crippen LogP contribution in [0.2, 0.25) is 0 Å². The van der Waals surface area contributed by atoms with Gasteiger partial charge in [-0.15, -0.1) is 0 Å². The molecule has 16 heavy (non-hydrogen) atoms. The molecule has 2 rings (SSSR count). The Morgan fingerprint density at radius 3 is 2.94 bits per heavy atom. The maximum Gasteiger partial charge on any atom is 0.240 e. The van der Waals surface area contributed by atoms with Gasteiger partial charge in [-0.05, 0) is 0 Å². The zero-order valence-electron chi connectivity index (χ0n) is 8.32. The highest BCUT2D eigenvalue weighted by Gasteiger charge is 2.06. The lowest BCUT2D eigenvalue weighted by atomic mass is 10.8. The molecule has 8 heteroatoms. The van der Waals surface area contributed by atoms with E-state index >= 15 is 0 Å². The predicted octanol–water partition coefficient (Wildman–Crippen LogP) is -0.276. The van der Waals surface area contributed by atoms with E-state index in [0.717, 1.165) is 0 Å². The molecule has 0 saturated carbocycles. The van der Waals surface area contributed by atoms with Gasteiger partial charge in [0.15, 0.2) is 5.16 Å². The van der Waals surface area contributed by atoms with Crippen molar-refractivity contribution in [3.8, 4) is 5.95 Å². The van der Waals surface area contributed by atoms with Crippen molar-refractivity contribution in [2.45, 2.75) is 5.16 Å². The van der Waals surface area contributed by atoms with Gasteiger partial charge >= 0.3 is 0 Å². The number of aliphatic hydroxyl groups excluding tert-OH is 1. The van der Waals surface area contributed by atoms with Gasteiger partial charge in [0.2, 0.25) is 11.9 Å². The number of rotatable bonds is 4. The molecule has 0 aliphatic carbocycles. The number of hydrogen-bond donors (Lipinski definition) is 2. The van der Waals surface area contributed by atoms with Crippen molar-refractivity contribution in [3.63, 3.8) is 0 Å². The van der Waals surface area contributed by atoms with E-state index in [1.54, 1.807) is 23.3 Å². The highest BCUT2D eigenvalue weighted by atomic mass is 32.2. The molecule has 0 aliphatic rings. The molecule has 3 N–H and O–H groups in total. The Labute approximate surface area is 95.8 Å². The minimum atomic E-state index is 0.0661. The van der Waals surface area contributed by atoms with Crippen molar-refractivity contribution in [2.75, 3.05) is 18.1 Å². The van der Waals surface area contributed by atoms with Crippen LogP contribution in [0.25, 0.3) is 5.95 Å². The number of aliphatic hydroxyl groups is 1. The molecule has 0 aliphatic heterocycles. The Morgan fingerprint density at radius 2 is 2.25 bits per heavy atom. The number of anilines is 1. The third-order valence-corrected chi connectivity index (χ3v) is 2.51. The van der Waals surface area contributed by atoms with Crippen LogP contribution in [0.15, 0.2) is 23.9 Å². The lowest BCUT2D eigenvalue weighted by Crippen LogP contribution is -2.06. The fraction of sp³-hybridized carbons (Fsp3) is 0.250. The van der Waals surface area contributed by atoms with Crippen LogP contribution in [0, 0.1) is 0 Å². The molecule has 0 fully saturated rings. The second-order valence-corrected chi connectivity index (χ2v) is 3.88. The molecular weight excluding hydrogens is 228 g/mol. The monoisotopic (exact) mass is 238 g/mol. The van der Waals surface area contributed by atoms with Crippen LogP contribution in [-0.4, -0.2) is 42.0 Å². The highest BCUT2D eigenvalue weighted by Crippen LogP contribution is 2.14. The summed E-state index contributed by atoms with van der Waals surface area (Å²) in [6.45, 7) is 0.0661. The molecule has 0 amide bonds. The quantitative estimate of drug-likeness (QED) is 0.706. The van der Waals surface area contributed by atoms with Gasteiger partial charge in [-0.1, -0.05) is 11.8 Å². The van der Waals surface area contributed by atoms with E-state index in [1.807, 2.05) is 0 Å². The van der Waals surface area contributed by atoms with E-state index in [4.69, 9.17) is 10.8 Å². The van der Waals surface area contributed by atoms with Crippen LogP contribution in [0.4, 0.5) is 5.95 Å². The van der Waals surface area contributed by atoms with Crippen LogP contribution in [0.5, 0.6) is 0 Å². The third kappa shape index (κ3) is 2.47. The van der Waals surface area contributed by atoms with Gasteiger partial charge in [-0.2, -0.15) is 15.0 Å². The van der Waals surface area contributed by atoms with E-state index in [9.17, 15) is 0 Å². The topological polar surface area (TPSA) is 103 Å². The Bertz CT molecular complexity index is 460. The summed E-state index contributed by atoms with van der Waals surface area (Å²) in [5.41, 5.74) is 5.57. The molecule has 0 unspecified atom stereocenters. The zero-order chi connectivity index (χ0) is 11.4. The molecule has 2 aromatic heterocycles. The average molecular weight is 238 g/mol. The molecular formula is C8H10N6OS. The fourth-order valence-corrected chi connectivity index (χ4v) is 1.63. The van der Waals surface area contributed by atoms with Crippen molar-refractivity contribution < 1.29 is 5.11 Å². The smallest absolute Gasteiger partial charge is 0.240 e. The van der Waals surface area contributed by atoms with Crippen LogP contribution in [-0.2, 0) is 0 Å². The molecule has 0 bridgehead atoms. The first-order valence-electron chi connectivity index (χ1n) is 4.53. The van der Waals surface area contributed by atoms with Crippen molar-refractivity contribution >= 4 is 17.7 Å².